The van der Waals surface area contributed by atoms with Gasteiger partial charge in [-0.25, -0.2) is 0 Å². The number of rotatable bonds is 16. The van der Waals surface area contributed by atoms with E-state index in [9.17, 15) is 4.79 Å². The molecule has 5 nitrogen and oxygen atoms in total. The lowest BCUT2D eigenvalue weighted by molar-refractivity contribution is -0.155. The first-order valence-corrected chi connectivity index (χ1v) is 16.7. The number of ether oxygens (including phenoxy) is 4. The minimum absolute atomic E-state index is 0.0134. The van der Waals surface area contributed by atoms with E-state index in [1.54, 1.807) is 0 Å². The molecule has 4 saturated carbocycles. The second kappa shape index (κ2) is 17.9. The molecule has 220 valence electrons. The molecule has 0 aliphatic heterocycles. The summed E-state index contributed by atoms with van der Waals surface area (Å²) in [6, 6.07) is 0. The fourth-order valence-corrected chi connectivity index (χ4v) is 7.74. The Bertz CT molecular complexity index is 619. The molecule has 0 N–H and O–H groups in total. The molecule has 38 heavy (non-hydrogen) atoms. The van der Waals surface area contributed by atoms with E-state index in [1.165, 1.54) is 109 Å². The highest BCUT2D eigenvalue weighted by molar-refractivity contribution is 5.72. The average Bonchev–Trinajstić information content (AvgIpc) is 3.70. The van der Waals surface area contributed by atoms with E-state index in [0.29, 0.717) is 26.4 Å². The number of carbonyl (C=O) groups excluding carboxylic acids is 1. The van der Waals surface area contributed by atoms with E-state index < -0.39 is 0 Å². The fraction of sp³-hybridized carbons (Fsp3) is 0.970. The molecular formula is C33H58O5. The van der Waals surface area contributed by atoms with Crippen LogP contribution in [0.1, 0.15) is 128 Å². The summed E-state index contributed by atoms with van der Waals surface area (Å²) in [6.45, 7) is 3.54. The minimum Gasteiger partial charge on any atom is -0.463 e. The highest BCUT2D eigenvalue weighted by Crippen LogP contribution is 2.43. The zero-order valence-electron chi connectivity index (χ0n) is 24.4. The molecule has 0 aromatic rings. The summed E-state index contributed by atoms with van der Waals surface area (Å²) >= 11 is 0. The molecule has 4 rings (SSSR count). The first kappa shape index (κ1) is 30.3. The predicted octanol–water partition coefficient (Wildman–Crippen LogP) is 7.89. The number of hydrogen-bond donors (Lipinski definition) is 0. The lowest BCUT2D eigenvalue weighted by Crippen LogP contribution is -2.30. The molecule has 0 bridgehead atoms. The Kier molecular flexibility index (Phi) is 14.3. The Balaban J connectivity index is 1.11. The van der Waals surface area contributed by atoms with Crippen LogP contribution in [0.4, 0.5) is 0 Å². The first-order valence-electron chi connectivity index (χ1n) is 16.7. The molecule has 0 aromatic carbocycles. The lowest BCUT2D eigenvalue weighted by atomic mass is 9.89. The standard InChI is InChI=1S/C33H58O5/c34-33(31-17-16-30(24-31)29-14-8-9-15-29)38-26-32(25-36-21-19-28-12-6-7-13-28)37-23-22-35-20-18-27-10-4-2-1-3-5-11-27/h27-32H,1-26H2. The fourth-order valence-electron chi connectivity index (χ4n) is 7.74. The third-order valence-electron chi connectivity index (χ3n) is 10.2. The van der Waals surface area contributed by atoms with Gasteiger partial charge in [-0.3, -0.25) is 4.79 Å². The Hall–Kier alpha value is -0.650. The summed E-state index contributed by atoms with van der Waals surface area (Å²) in [5.74, 6) is 3.32. The van der Waals surface area contributed by atoms with E-state index >= 15 is 0 Å². The van der Waals surface area contributed by atoms with Crippen LogP contribution in [-0.2, 0) is 23.7 Å². The molecule has 0 saturated heterocycles. The van der Waals surface area contributed by atoms with Crippen LogP contribution in [0.25, 0.3) is 0 Å². The van der Waals surface area contributed by atoms with Crippen molar-refractivity contribution < 1.29 is 23.7 Å². The summed E-state index contributed by atoms with van der Waals surface area (Å²) in [7, 11) is 0. The molecule has 0 spiro atoms. The maximum absolute atomic E-state index is 12.9. The van der Waals surface area contributed by atoms with E-state index in [4.69, 9.17) is 18.9 Å². The smallest absolute Gasteiger partial charge is 0.309 e. The summed E-state index contributed by atoms with van der Waals surface area (Å²) in [5.41, 5.74) is 0. The van der Waals surface area contributed by atoms with Crippen molar-refractivity contribution in [2.45, 2.75) is 135 Å². The van der Waals surface area contributed by atoms with Gasteiger partial charge in [-0.15, -0.1) is 0 Å². The van der Waals surface area contributed by atoms with Crippen LogP contribution in [-0.4, -0.2) is 51.7 Å². The van der Waals surface area contributed by atoms with Gasteiger partial charge in [0.2, 0.25) is 0 Å². The zero-order valence-corrected chi connectivity index (χ0v) is 24.4. The summed E-state index contributed by atoms with van der Waals surface area (Å²) in [5, 5.41) is 0. The van der Waals surface area contributed by atoms with Crippen molar-refractivity contribution in [3.8, 4) is 0 Å². The molecule has 4 aliphatic carbocycles. The lowest BCUT2D eigenvalue weighted by Gasteiger charge is -2.21. The summed E-state index contributed by atoms with van der Waals surface area (Å²) in [4.78, 5) is 12.9. The van der Waals surface area contributed by atoms with Crippen LogP contribution >= 0.6 is 0 Å². The minimum atomic E-state index is -0.205. The van der Waals surface area contributed by atoms with Crippen molar-refractivity contribution in [2.24, 2.45) is 29.6 Å². The molecule has 0 radical (unpaired) electrons. The van der Waals surface area contributed by atoms with E-state index in [-0.39, 0.29) is 18.0 Å². The molecule has 4 fully saturated rings. The Morgan fingerprint density at radius 1 is 0.579 bits per heavy atom. The average molecular weight is 535 g/mol. The van der Waals surface area contributed by atoms with Gasteiger partial charge in [-0.1, -0.05) is 96.3 Å². The van der Waals surface area contributed by atoms with Crippen LogP contribution in [0.5, 0.6) is 0 Å². The number of hydrogen-bond acceptors (Lipinski definition) is 5. The van der Waals surface area contributed by atoms with Gasteiger partial charge >= 0.3 is 5.97 Å². The van der Waals surface area contributed by atoms with Gasteiger partial charge in [0.25, 0.3) is 0 Å². The second-order valence-electron chi connectivity index (χ2n) is 13.1. The largest absolute Gasteiger partial charge is 0.463 e. The first-order chi connectivity index (χ1) is 18.8. The third-order valence-corrected chi connectivity index (χ3v) is 10.2. The second-order valence-corrected chi connectivity index (χ2v) is 13.1. The molecular weight excluding hydrogens is 476 g/mol. The van der Waals surface area contributed by atoms with Gasteiger partial charge in [-0.05, 0) is 55.8 Å². The summed E-state index contributed by atoms with van der Waals surface area (Å²) in [6.07, 6.45) is 26.0. The van der Waals surface area contributed by atoms with Crippen molar-refractivity contribution in [1.82, 2.24) is 0 Å². The highest BCUT2D eigenvalue weighted by Gasteiger charge is 2.36. The molecule has 4 aliphatic rings. The van der Waals surface area contributed by atoms with Gasteiger partial charge in [0.1, 0.15) is 12.7 Å². The van der Waals surface area contributed by atoms with Crippen LogP contribution in [0.3, 0.4) is 0 Å². The maximum Gasteiger partial charge on any atom is 0.309 e. The van der Waals surface area contributed by atoms with Gasteiger partial charge in [-0.2, -0.15) is 0 Å². The van der Waals surface area contributed by atoms with Crippen molar-refractivity contribution >= 4 is 5.97 Å². The molecule has 0 heterocycles. The van der Waals surface area contributed by atoms with Crippen LogP contribution in [0.2, 0.25) is 0 Å². The highest BCUT2D eigenvalue weighted by atomic mass is 16.6. The Labute approximate surface area is 233 Å². The normalized spacial score (nSPS) is 26.9. The van der Waals surface area contributed by atoms with Gasteiger partial charge < -0.3 is 18.9 Å². The van der Waals surface area contributed by atoms with Gasteiger partial charge in [0.15, 0.2) is 0 Å². The van der Waals surface area contributed by atoms with Crippen molar-refractivity contribution in [2.75, 3.05) is 39.6 Å². The van der Waals surface area contributed by atoms with Crippen molar-refractivity contribution in [1.29, 1.82) is 0 Å². The monoisotopic (exact) mass is 534 g/mol. The van der Waals surface area contributed by atoms with Gasteiger partial charge in [0.05, 0.1) is 25.7 Å². The van der Waals surface area contributed by atoms with Crippen LogP contribution < -0.4 is 0 Å². The Morgan fingerprint density at radius 3 is 1.89 bits per heavy atom. The van der Waals surface area contributed by atoms with Gasteiger partial charge in [0, 0.05) is 13.2 Å². The molecule has 0 aromatic heterocycles. The maximum atomic E-state index is 12.9. The molecule has 3 atom stereocenters. The van der Waals surface area contributed by atoms with E-state index in [0.717, 1.165) is 56.1 Å². The van der Waals surface area contributed by atoms with Crippen LogP contribution in [0, 0.1) is 29.6 Å². The summed E-state index contributed by atoms with van der Waals surface area (Å²) < 4.78 is 23.9. The third kappa shape index (κ3) is 11.1. The van der Waals surface area contributed by atoms with E-state index in [1.807, 2.05) is 0 Å². The van der Waals surface area contributed by atoms with Crippen molar-refractivity contribution in [3.63, 3.8) is 0 Å². The topological polar surface area (TPSA) is 54.0 Å². The van der Waals surface area contributed by atoms with Crippen LogP contribution in [0.15, 0.2) is 0 Å². The Morgan fingerprint density at radius 2 is 1.18 bits per heavy atom. The van der Waals surface area contributed by atoms with Crippen molar-refractivity contribution in [3.05, 3.63) is 0 Å². The molecule has 3 unspecified atom stereocenters. The zero-order chi connectivity index (χ0) is 26.3. The SMILES string of the molecule is O=C(OCC(COCCC1CCCC1)OCCOCCC1CCCCCCC1)C1CCC(C2CCCC2)C1. The molecule has 5 heteroatoms. The molecule has 0 amide bonds. The number of esters is 1. The number of carbonyl (C=O) groups is 1. The quantitative estimate of drug-likeness (QED) is 0.149. The predicted molar refractivity (Wildman–Crippen MR) is 152 cm³/mol. The van der Waals surface area contributed by atoms with E-state index in [2.05, 4.69) is 0 Å².